The van der Waals surface area contributed by atoms with Gasteiger partial charge in [0.05, 0.1) is 0 Å². The standard InChI is InChI=1S/C19H19N7/c1-13(2)18-23-19(26(24-18)17-6-4-5-14(3)22-17)15-7-9-16(10-8-15)25-11-20-21-12-25/h4-13H,1-3H3. The van der Waals surface area contributed by atoms with E-state index >= 15 is 0 Å². The highest BCUT2D eigenvalue weighted by Gasteiger charge is 2.16. The third-order valence-electron chi connectivity index (χ3n) is 4.07. The van der Waals surface area contributed by atoms with E-state index < -0.39 is 0 Å². The van der Waals surface area contributed by atoms with Gasteiger partial charge in [-0.15, -0.1) is 15.3 Å². The molecule has 4 aromatic rings. The molecular weight excluding hydrogens is 326 g/mol. The molecule has 0 spiro atoms. The van der Waals surface area contributed by atoms with Gasteiger partial charge in [-0.05, 0) is 43.3 Å². The Morgan fingerprint density at radius 2 is 1.62 bits per heavy atom. The van der Waals surface area contributed by atoms with Crippen molar-refractivity contribution in [2.24, 2.45) is 0 Å². The zero-order valence-corrected chi connectivity index (χ0v) is 14.9. The minimum absolute atomic E-state index is 0.233. The summed E-state index contributed by atoms with van der Waals surface area (Å²) < 4.78 is 3.67. The van der Waals surface area contributed by atoms with E-state index in [2.05, 4.69) is 34.1 Å². The van der Waals surface area contributed by atoms with E-state index in [0.717, 1.165) is 34.4 Å². The number of hydrogen-bond acceptors (Lipinski definition) is 5. The molecule has 0 fully saturated rings. The summed E-state index contributed by atoms with van der Waals surface area (Å²) in [5.74, 6) is 2.58. The van der Waals surface area contributed by atoms with Gasteiger partial charge in [-0.1, -0.05) is 19.9 Å². The lowest BCUT2D eigenvalue weighted by atomic mass is 10.2. The lowest BCUT2D eigenvalue weighted by Gasteiger charge is -2.07. The third-order valence-corrected chi connectivity index (χ3v) is 4.07. The molecule has 0 saturated heterocycles. The molecule has 130 valence electrons. The van der Waals surface area contributed by atoms with Gasteiger partial charge >= 0.3 is 0 Å². The predicted octanol–water partition coefficient (Wildman–Crippen LogP) is 3.34. The number of aromatic nitrogens is 7. The molecule has 0 N–H and O–H groups in total. The van der Waals surface area contributed by atoms with Gasteiger partial charge in [0.15, 0.2) is 17.5 Å². The Morgan fingerprint density at radius 3 is 2.27 bits per heavy atom. The number of rotatable bonds is 4. The van der Waals surface area contributed by atoms with Crippen LogP contribution in [0, 0.1) is 6.92 Å². The van der Waals surface area contributed by atoms with E-state index in [-0.39, 0.29) is 5.92 Å². The van der Waals surface area contributed by atoms with Gasteiger partial charge < -0.3 is 0 Å². The molecule has 26 heavy (non-hydrogen) atoms. The Labute approximate surface area is 151 Å². The number of pyridine rings is 1. The van der Waals surface area contributed by atoms with Crippen LogP contribution < -0.4 is 0 Å². The van der Waals surface area contributed by atoms with Crippen molar-refractivity contribution in [3.05, 3.63) is 66.6 Å². The third kappa shape index (κ3) is 2.99. The van der Waals surface area contributed by atoms with Gasteiger partial charge in [0.25, 0.3) is 0 Å². The highest BCUT2D eigenvalue weighted by Crippen LogP contribution is 2.24. The number of nitrogens with zero attached hydrogens (tertiary/aromatic N) is 7. The maximum Gasteiger partial charge on any atom is 0.165 e. The van der Waals surface area contributed by atoms with Crippen molar-refractivity contribution in [2.45, 2.75) is 26.7 Å². The van der Waals surface area contributed by atoms with Crippen LogP contribution >= 0.6 is 0 Å². The van der Waals surface area contributed by atoms with Crippen LogP contribution in [-0.2, 0) is 0 Å². The number of benzene rings is 1. The summed E-state index contributed by atoms with van der Waals surface area (Å²) in [5.41, 5.74) is 2.91. The Kier molecular flexibility index (Phi) is 4.04. The molecule has 3 aromatic heterocycles. The quantitative estimate of drug-likeness (QED) is 0.567. The maximum absolute atomic E-state index is 4.76. The van der Waals surface area contributed by atoms with E-state index in [9.17, 15) is 0 Å². The maximum atomic E-state index is 4.76. The monoisotopic (exact) mass is 345 g/mol. The zero-order chi connectivity index (χ0) is 18.1. The van der Waals surface area contributed by atoms with Crippen LogP contribution in [0.15, 0.2) is 55.1 Å². The summed E-state index contributed by atoms with van der Waals surface area (Å²) in [6, 6.07) is 14.0. The molecule has 4 rings (SSSR count). The van der Waals surface area contributed by atoms with Gasteiger partial charge in [-0.2, -0.15) is 4.68 Å². The summed E-state index contributed by atoms with van der Waals surface area (Å²) in [5, 5.41) is 12.4. The molecule has 0 aliphatic heterocycles. The van der Waals surface area contributed by atoms with Gasteiger partial charge in [0.2, 0.25) is 0 Å². The van der Waals surface area contributed by atoms with Crippen LogP contribution in [0.5, 0.6) is 0 Å². The minimum Gasteiger partial charge on any atom is -0.288 e. The Hall–Kier alpha value is -3.35. The molecule has 7 nitrogen and oxygen atoms in total. The average molecular weight is 345 g/mol. The van der Waals surface area contributed by atoms with Crippen molar-refractivity contribution < 1.29 is 0 Å². The minimum atomic E-state index is 0.233. The molecule has 0 amide bonds. The second kappa shape index (κ2) is 6.51. The molecule has 0 unspecified atom stereocenters. The van der Waals surface area contributed by atoms with Crippen molar-refractivity contribution in [3.8, 4) is 22.9 Å². The molecule has 3 heterocycles. The topological polar surface area (TPSA) is 74.3 Å². The van der Waals surface area contributed by atoms with Crippen LogP contribution in [0.25, 0.3) is 22.9 Å². The van der Waals surface area contributed by atoms with Crippen LogP contribution in [0.2, 0.25) is 0 Å². The van der Waals surface area contributed by atoms with Crippen LogP contribution in [0.4, 0.5) is 0 Å². The fraction of sp³-hybridized carbons (Fsp3) is 0.211. The lowest BCUT2D eigenvalue weighted by molar-refractivity contribution is 0.746. The van der Waals surface area contributed by atoms with Crippen LogP contribution in [0.3, 0.4) is 0 Å². The fourth-order valence-corrected chi connectivity index (χ4v) is 2.68. The van der Waals surface area contributed by atoms with Gasteiger partial charge in [-0.25, -0.2) is 9.97 Å². The van der Waals surface area contributed by atoms with Crippen molar-refractivity contribution >= 4 is 0 Å². The van der Waals surface area contributed by atoms with Gasteiger partial charge in [0.1, 0.15) is 12.7 Å². The molecule has 0 aliphatic rings. The van der Waals surface area contributed by atoms with Crippen molar-refractivity contribution in [2.75, 3.05) is 0 Å². The van der Waals surface area contributed by atoms with Gasteiger partial charge in [-0.3, -0.25) is 4.57 Å². The molecule has 7 heteroatoms. The molecular formula is C19H19N7. The van der Waals surface area contributed by atoms with Gasteiger partial charge in [0, 0.05) is 22.9 Å². The largest absolute Gasteiger partial charge is 0.288 e. The van der Waals surface area contributed by atoms with Crippen molar-refractivity contribution in [3.63, 3.8) is 0 Å². The first-order valence-electron chi connectivity index (χ1n) is 8.48. The second-order valence-electron chi connectivity index (χ2n) is 6.41. The normalized spacial score (nSPS) is 11.2. The van der Waals surface area contributed by atoms with E-state index in [1.807, 2.05) is 58.6 Å². The number of hydrogen-bond donors (Lipinski definition) is 0. The summed E-state index contributed by atoms with van der Waals surface area (Å²) in [6.45, 7) is 6.14. The van der Waals surface area contributed by atoms with Crippen molar-refractivity contribution in [1.29, 1.82) is 0 Å². The predicted molar refractivity (Wildman–Crippen MR) is 98.3 cm³/mol. The summed E-state index contributed by atoms with van der Waals surface area (Å²) in [6.07, 6.45) is 3.34. The smallest absolute Gasteiger partial charge is 0.165 e. The van der Waals surface area contributed by atoms with E-state index in [0.29, 0.717) is 0 Å². The van der Waals surface area contributed by atoms with Crippen LogP contribution in [0.1, 0.15) is 31.3 Å². The first kappa shape index (κ1) is 16.1. The van der Waals surface area contributed by atoms with E-state index in [1.165, 1.54) is 0 Å². The fourth-order valence-electron chi connectivity index (χ4n) is 2.68. The molecule has 0 aliphatic carbocycles. The molecule has 0 radical (unpaired) electrons. The van der Waals surface area contributed by atoms with Crippen molar-refractivity contribution in [1.82, 2.24) is 34.5 Å². The average Bonchev–Trinajstić information content (AvgIpc) is 3.32. The zero-order valence-electron chi connectivity index (χ0n) is 14.9. The number of aryl methyl sites for hydroxylation is 1. The lowest BCUT2D eigenvalue weighted by Crippen LogP contribution is -2.03. The highest BCUT2D eigenvalue weighted by molar-refractivity contribution is 5.59. The SMILES string of the molecule is Cc1cccc(-n2nc(C(C)C)nc2-c2ccc(-n3cnnc3)cc2)n1. The first-order valence-corrected chi connectivity index (χ1v) is 8.48. The Bertz CT molecular complexity index is 1010. The molecule has 1 aromatic carbocycles. The summed E-state index contributed by atoms with van der Waals surface area (Å²) >= 11 is 0. The summed E-state index contributed by atoms with van der Waals surface area (Å²) in [4.78, 5) is 9.36. The summed E-state index contributed by atoms with van der Waals surface area (Å²) in [7, 11) is 0. The molecule has 0 saturated carbocycles. The second-order valence-corrected chi connectivity index (χ2v) is 6.41. The van der Waals surface area contributed by atoms with E-state index in [4.69, 9.17) is 4.98 Å². The molecule has 0 atom stereocenters. The highest BCUT2D eigenvalue weighted by atomic mass is 15.4. The Morgan fingerprint density at radius 1 is 0.885 bits per heavy atom. The molecule has 0 bridgehead atoms. The first-order chi connectivity index (χ1) is 12.6. The van der Waals surface area contributed by atoms with E-state index in [1.54, 1.807) is 12.7 Å². The van der Waals surface area contributed by atoms with Crippen LogP contribution in [-0.4, -0.2) is 34.5 Å². The Balaban J connectivity index is 1.80.